The standard InChI is InChI=1S/C20H19N3O3/c1-2-3-6-15-9-11-17(12-10-15)22-13-16(14-24)20(21-22)18-7-4-5-8-19(18)23(25)26/h4-5,7-14H,2-3,6H2,1H3. The molecule has 6 heteroatoms. The molecule has 3 rings (SSSR count). The fourth-order valence-corrected chi connectivity index (χ4v) is 2.84. The molecule has 1 heterocycles. The van der Waals surface area contributed by atoms with Crippen LogP contribution in [0.1, 0.15) is 35.7 Å². The summed E-state index contributed by atoms with van der Waals surface area (Å²) in [5.41, 5.74) is 2.93. The van der Waals surface area contributed by atoms with Crippen molar-refractivity contribution in [1.29, 1.82) is 0 Å². The van der Waals surface area contributed by atoms with E-state index in [-0.39, 0.29) is 5.69 Å². The molecule has 3 aromatic rings. The van der Waals surface area contributed by atoms with E-state index in [0.717, 1.165) is 24.9 Å². The van der Waals surface area contributed by atoms with Crippen molar-refractivity contribution in [2.24, 2.45) is 0 Å². The number of benzene rings is 2. The van der Waals surface area contributed by atoms with Crippen molar-refractivity contribution in [2.45, 2.75) is 26.2 Å². The van der Waals surface area contributed by atoms with E-state index in [1.54, 1.807) is 29.1 Å². The maximum absolute atomic E-state index is 11.5. The highest BCUT2D eigenvalue weighted by atomic mass is 16.6. The van der Waals surface area contributed by atoms with Gasteiger partial charge in [0, 0.05) is 12.3 Å². The maximum Gasteiger partial charge on any atom is 0.278 e. The van der Waals surface area contributed by atoms with E-state index in [0.29, 0.717) is 23.1 Å². The molecule has 0 atom stereocenters. The maximum atomic E-state index is 11.5. The normalized spacial score (nSPS) is 10.7. The van der Waals surface area contributed by atoms with Gasteiger partial charge < -0.3 is 0 Å². The van der Waals surface area contributed by atoms with Gasteiger partial charge in [0.05, 0.1) is 21.7 Å². The second kappa shape index (κ2) is 7.74. The fourth-order valence-electron chi connectivity index (χ4n) is 2.84. The molecule has 0 aliphatic heterocycles. The van der Waals surface area contributed by atoms with Gasteiger partial charge in [-0.05, 0) is 36.6 Å². The Balaban J connectivity index is 2.00. The first kappa shape index (κ1) is 17.5. The van der Waals surface area contributed by atoms with Gasteiger partial charge in [-0.15, -0.1) is 0 Å². The number of rotatable bonds is 7. The van der Waals surface area contributed by atoms with E-state index in [1.807, 2.05) is 24.3 Å². The SMILES string of the molecule is CCCCc1ccc(-n2cc(C=O)c(-c3ccccc3[N+](=O)[O-])n2)cc1. The summed E-state index contributed by atoms with van der Waals surface area (Å²) in [5.74, 6) is 0. The monoisotopic (exact) mass is 349 g/mol. The third-order valence-corrected chi connectivity index (χ3v) is 4.25. The molecule has 0 saturated heterocycles. The molecule has 0 saturated carbocycles. The summed E-state index contributed by atoms with van der Waals surface area (Å²) in [7, 11) is 0. The molecule has 0 unspecified atom stereocenters. The van der Waals surface area contributed by atoms with Gasteiger partial charge in [0.15, 0.2) is 6.29 Å². The number of nitro benzene ring substituents is 1. The second-order valence-corrected chi connectivity index (χ2v) is 6.04. The lowest BCUT2D eigenvalue weighted by Crippen LogP contribution is -1.97. The van der Waals surface area contributed by atoms with Gasteiger partial charge in [-0.25, -0.2) is 4.68 Å². The average molecular weight is 349 g/mol. The van der Waals surface area contributed by atoms with E-state index in [1.165, 1.54) is 11.6 Å². The van der Waals surface area contributed by atoms with Crippen LogP contribution in [-0.2, 0) is 6.42 Å². The Bertz CT molecular complexity index is 930. The Hall–Kier alpha value is -3.28. The lowest BCUT2D eigenvalue weighted by atomic mass is 10.1. The first-order chi connectivity index (χ1) is 12.6. The van der Waals surface area contributed by atoms with Crippen molar-refractivity contribution < 1.29 is 9.72 Å². The van der Waals surface area contributed by atoms with Crippen molar-refractivity contribution in [2.75, 3.05) is 0 Å². The third kappa shape index (κ3) is 3.54. The van der Waals surface area contributed by atoms with Crippen LogP contribution in [0.4, 0.5) is 5.69 Å². The summed E-state index contributed by atoms with van der Waals surface area (Å²) in [5, 5.41) is 15.7. The number of aryl methyl sites for hydroxylation is 1. The summed E-state index contributed by atoms with van der Waals surface area (Å²) >= 11 is 0. The molecule has 26 heavy (non-hydrogen) atoms. The molecule has 1 aromatic heterocycles. The minimum absolute atomic E-state index is 0.0734. The first-order valence-corrected chi connectivity index (χ1v) is 8.52. The van der Waals surface area contributed by atoms with Crippen LogP contribution in [0.15, 0.2) is 54.7 Å². The molecule has 0 aliphatic carbocycles. The van der Waals surface area contributed by atoms with Gasteiger partial charge in [-0.1, -0.05) is 37.6 Å². The zero-order chi connectivity index (χ0) is 18.5. The minimum Gasteiger partial charge on any atom is -0.298 e. The van der Waals surface area contributed by atoms with E-state index in [2.05, 4.69) is 12.0 Å². The van der Waals surface area contributed by atoms with Crippen LogP contribution < -0.4 is 0 Å². The number of nitro groups is 1. The topological polar surface area (TPSA) is 78.0 Å². The summed E-state index contributed by atoms with van der Waals surface area (Å²) in [6, 6.07) is 14.3. The first-order valence-electron chi connectivity index (χ1n) is 8.52. The zero-order valence-electron chi connectivity index (χ0n) is 14.5. The predicted octanol–water partition coefficient (Wildman–Crippen LogP) is 4.60. The third-order valence-electron chi connectivity index (χ3n) is 4.25. The van der Waals surface area contributed by atoms with E-state index >= 15 is 0 Å². The van der Waals surface area contributed by atoms with Crippen LogP contribution in [0, 0.1) is 10.1 Å². The molecular formula is C20H19N3O3. The van der Waals surface area contributed by atoms with Crippen LogP contribution in [0.3, 0.4) is 0 Å². The Morgan fingerprint density at radius 2 is 1.88 bits per heavy atom. The summed E-state index contributed by atoms with van der Waals surface area (Å²) in [4.78, 5) is 22.3. The van der Waals surface area contributed by atoms with E-state index in [4.69, 9.17) is 0 Å². The van der Waals surface area contributed by atoms with Gasteiger partial charge in [-0.3, -0.25) is 14.9 Å². The molecule has 132 valence electrons. The zero-order valence-corrected chi connectivity index (χ0v) is 14.5. The lowest BCUT2D eigenvalue weighted by molar-refractivity contribution is -0.384. The Kier molecular flexibility index (Phi) is 5.22. The molecular weight excluding hydrogens is 330 g/mol. The van der Waals surface area contributed by atoms with Crippen LogP contribution >= 0.6 is 0 Å². The largest absolute Gasteiger partial charge is 0.298 e. The number of hydrogen-bond acceptors (Lipinski definition) is 4. The number of carbonyl (C=O) groups is 1. The van der Waals surface area contributed by atoms with Crippen LogP contribution in [0.5, 0.6) is 0 Å². The Morgan fingerprint density at radius 1 is 1.15 bits per heavy atom. The Morgan fingerprint density at radius 3 is 2.54 bits per heavy atom. The van der Waals surface area contributed by atoms with Crippen molar-refractivity contribution >= 4 is 12.0 Å². The minimum atomic E-state index is -0.467. The molecule has 0 bridgehead atoms. The number of aldehydes is 1. The number of unbranched alkanes of at least 4 members (excludes halogenated alkanes) is 1. The highest BCUT2D eigenvalue weighted by Gasteiger charge is 2.20. The number of nitrogens with zero attached hydrogens (tertiary/aromatic N) is 3. The summed E-state index contributed by atoms with van der Waals surface area (Å²) in [6.07, 6.45) is 5.57. The molecule has 0 spiro atoms. The number of para-hydroxylation sites is 1. The lowest BCUT2D eigenvalue weighted by Gasteiger charge is -2.04. The second-order valence-electron chi connectivity index (χ2n) is 6.04. The van der Waals surface area contributed by atoms with Crippen molar-refractivity contribution in [3.63, 3.8) is 0 Å². The van der Waals surface area contributed by atoms with E-state index in [9.17, 15) is 14.9 Å². The molecule has 0 radical (unpaired) electrons. The van der Waals surface area contributed by atoms with Crippen molar-refractivity contribution in [3.05, 3.63) is 76.0 Å². The molecule has 0 N–H and O–H groups in total. The van der Waals surface area contributed by atoms with Gasteiger partial charge in [0.2, 0.25) is 0 Å². The summed E-state index contributed by atoms with van der Waals surface area (Å²) < 4.78 is 1.58. The van der Waals surface area contributed by atoms with Gasteiger partial charge >= 0.3 is 0 Å². The van der Waals surface area contributed by atoms with Crippen LogP contribution in [0.2, 0.25) is 0 Å². The van der Waals surface area contributed by atoms with Gasteiger partial charge in [-0.2, -0.15) is 5.10 Å². The fraction of sp³-hybridized carbons (Fsp3) is 0.200. The van der Waals surface area contributed by atoms with Crippen molar-refractivity contribution in [1.82, 2.24) is 9.78 Å². The summed E-state index contributed by atoms with van der Waals surface area (Å²) in [6.45, 7) is 2.16. The van der Waals surface area contributed by atoms with Gasteiger partial charge in [0.1, 0.15) is 5.69 Å². The van der Waals surface area contributed by atoms with Gasteiger partial charge in [0.25, 0.3) is 5.69 Å². The smallest absolute Gasteiger partial charge is 0.278 e. The number of aromatic nitrogens is 2. The highest BCUT2D eigenvalue weighted by Crippen LogP contribution is 2.30. The molecule has 6 nitrogen and oxygen atoms in total. The van der Waals surface area contributed by atoms with Crippen LogP contribution in [-0.4, -0.2) is 21.0 Å². The number of hydrogen-bond donors (Lipinski definition) is 0. The molecule has 0 aliphatic rings. The number of carbonyl (C=O) groups excluding carboxylic acids is 1. The van der Waals surface area contributed by atoms with Crippen molar-refractivity contribution in [3.8, 4) is 16.9 Å². The van der Waals surface area contributed by atoms with E-state index < -0.39 is 4.92 Å². The Labute approximate surface area is 151 Å². The average Bonchev–Trinajstić information content (AvgIpc) is 3.11. The molecule has 0 amide bonds. The molecule has 2 aromatic carbocycles. The molecule has 0 fully saturated rings. The quantitative estimate of drug-likeness (QED) is 0.355. The predicted molar refractivity (Wildman–Crippen MR) is 99.7 cm³/mol. The highest BCUT2D eigenvalue weighted by molar-refractivity contribution is 5.88. The van der Waals surface area contributed by atoms with Crippen LogP contribution in [0.25, 0.3) is 16.9 Å².